The number of halogens is 1. The minimum absolute atomic E-state index is 0.0457. The van der Waals surface area contributed by atoms with Gasteiger partial charge < -0.3 is 4.90 Å². The highest BCUT2D eigenvalue weighted by atomic mass is 35.5. The zero-order chi connectivity index (χ0) is 28.4. The first-order chi connectivity index (χ1) is 19.1. The van der Waals surface area contributed by atoms with Gasteiger partial charge in [0.1, 0.15) is 0 Å². The van der Waals surface area contributed by atoms with Crippen LogP contribution in [-0.4, -0.2) is 0 Å². The lowest BCUT2D eigenvalue weighted by Gasteiger charge is -2.31. The van der Waals surface area contributed by atoms with E-state index < -0.39 is 0 Å². The first-order valence-corrected chi connectivity index (χ1v) is 14.3. The number of nitrogens with zero attached hydrogens (tertiary/aromatic N) is 1. The summed E-state index contributed by atoms with van der Waals surface area (Å²) < 4.78 is 0. The van der Waals surface area contributed by atoms with Crippen molar-refractivity contribution in [2.24, 2.45) is 0 Å². The van der Waals surface area contributed by atoms with Gasteiger partial charge in [0.05, 0.1) is 10.7 Å². The summed E-state index contributed by atoms with van der Waals surface area (Å²) in [6.45, 7) is 13.4. The summed E-state index contributed by atoms with van der Waals surface area (Å²) in [5.41, 5.74) is 10.4. The second kappa shape index (κ2) is 11.4. The molecular formula is C37H34ClNS. The largest absolute Gasteiger partial charge is 0.309 e. The molecule has 0 saturated carbocycles. The highest BCUT2D eigenvalue weighted by molar-refractivity contribution is 7.80. The third-order valence-corrected chi connectivity index (χ3v) is 8.14. The summed E-state index contributed by atoms with van der Waals surface area (Å²) >= 11 is 12.0. The Morgan fingerprint density at radius 1 is 0.700 bits per heavy atom. The first kappa shape index (κ1) is 27.8. The number of hydrogen-bond acceptors (Lipinski definition) is 2. The Morgan fingerprint density at radius 2 is 1.27 bits per heavy atom. The lowest BCUT2D eigenvalue weighted by atomic mass is 9.87. The van der Waals surface area contributed by atoms with Gasteiger partial charge in [-0.3, -0.25) is 0 Å². The fourth-order valence-electron chi connectivity index (χ4n) is 4.96. The summed E-state index contributed by atoms with van der Waals surface area (Å²) in [5, 5.41) is 0.695. The highest BCUT2D eigenvalue weighted by Gasteiger charge is 2.23. The fraction of sp³-hybridized carbons (Fsp3) is 0.135. The zero-order valence-corrected chi connectivity index (χ0v) is 25.1. The third-order valence-electron chi connectivity index (χ3n) is 7.26. The number of thiol groups is 1. The van der Waals surface area contributed by atoms with Crippen molar-refractivity contribution in [3.8, 4) is 22.3 Å². The van der Waals surface area contributed by atoms with Crippen LogP contribution in [-0.2, 0) is 5.41 Å². The smallest absolute Gasteiger partial charge is 0.0676 e. The SMILES string of the molecule is C=C(c1cc(-c2ccccc2)ccc1S)N(c1ccc(C(C)(C)C)cc1)c1cc(-c2ccccc2)cc(C)c1Cl. The first-order valence-electron chi connectivity index (χ1n) is 13.5. The predicted molar refractivity (Wildman–Crippen MR) is 177 cm³/mol. The van der Waals surface area contributed by atoms with Crippen LogP contribution in [0.15, 0.2) is 127 Å². The van der Waals surface area contributed by atoms with Crippen LogP contribution in [0.5, 0.6) is 0 Å². The molecule has 0 aromatic heterocycles. The van der Waals surface area contributed by atoms with Crippen LogP contribution in [0.3, 0.4) is 0 Å². The second-order valence-corrected chi connectivity index (χ2v) is 12.0. The Morgan fingerprint density at radius 3 is 1.85 bits per heavy atom. The molecule has 1 nitrogen and oxygen atoms in total. The maximum Gasteiger partial charge on any atom is 0.0676 e. The minimum Gasteiger partial charge on any atom is -0.309 e. The summed E-state index contributed by atoms with van der Waals surface area (Å²) in [7, 11) is 0. The van der Waals surface area contributed by atoms with Gasteiger partial charge in [-0.05, 0) is 82.1 Å². The average Bonchev–Trinajstić information content (AvgIpc) is 2.96. The van der Waals surface area contributed by atoms with Gasteiger partial charge in [-0.2, -0.15) is 0 Å². The topological polar surface area (TPSA) is 3.24 Å². The van der Waals surface area contributed by atoms with E-state index in [9.17, 15) is 0 Å². The molecule has 0 aliphatic heterocycles. The van der Waals surface area contributed by atoms with Gasteiger partial charge in [0.15, 0.2) is 0 Å². The summed E-state index contributed by atoms with van der Waals surface area (Å²) in [6.07, 6.45) is 0. The molecule has 200 valence electrons. The van der Waals surface area contributed by atoms with E-state index in [1.54, 1.807) is 0 Å². The summed E-state index contributed by atoms with van der Waals surface area (Å²) in [5.74, 6) is 0. The van der Waals surface area contributed by atoms with E-state index in [1.165, 1.54) is 5.56 Å². The van der Waals surface area contributed by atoms with Gasteiger partial charge in [-0.25, -0.2) is 0 Å². The molecule has 0 unspecified atom stereocenters. The van der Waals surface area contributed by atoms with Gasteiger partial charge >= 0.3 is 0 Å². The van der Waals surface area contributed by atoms with Gasteiger partial charge in [-0.15, -0.1) is 12.6 Å². The van der Waals surface area contributed by atoms with Crippen molar-refractivity contribution < 1.29 is 0 Å². The second-order valence-electron chi connectivity index (χ2n) is 11.2. The van der Waals surface area contributed by atoms with Gasteiger partial charge in [0.25, 0.3) is 0 Å². The standard InChI is InChI=1S/C37H34ClNS/c1-25-22-30(28-14-10-7-11-15-28)24-34(36(25)38)39(32-19-17-31(18-20-32)37(3,4)5)26(2)33-23-29(16-21-35(33)40)27-12-8-6-9-13-27/h6-24,40H,2H2,1,3-5H3. The molecule has 5 aromatic rings. The number of aryl methyl sites for hydroxylation is 1. The van der Waals surface area contributed by atoms with Crippen LogP contribution in [0, 0.1) is 6.92 Å². The molecule has 0 saturated heterocycles. The third kappa shape index (κ3) is 5.75. The molecule has 0 N–H and O–H groups in total. The van der Waals surface area contributed by atoms with Crippen LogP contribution >= 0.6 is 24.2 Å². The van der Waals surface area contributed by atoms with Crippen molar-refractivity contribution in [2.75, 3.05) is 4.90 Å². The van der Waals surface area contributed by atoms with Crippen molar-refractivity contribution in [2.45, 2.75) is 38.0 Å². The van der Waals surface area contributed by atoms with Crippen molar-refractivity contribution in [1.82, 2.24) is 0 Å². The van der Waals surface area contributed by atoms with Gasteiger partial charge in [0.2, 0.25) is 0 Å². The molecule has 0 aliphatic rings. The van der Waals surface area contributed by atoms with Crippen molar-refractivity contribution in [1.29, 1.82) is 0 Å². The van der Waals surface area contributed by atoms with E-state index in [4.69, 9.17) is 24.2 Å². The van der Waals surface area contributed by atoms with E-state index in [2.05, 4.69) is 136 Å². The molecule has 5 rings (SSSR count). The average molecular weight is 560 g/mol. The van der Waals surface area contributed by atoms with E-state index in [-0.39, 0.29) is 5.41 Å². The predicted octanol–water partition coefficient (Wildman–Crippen LogP) is 11.4. The summed E-state index contributed by atoms with van der Waals surface area (Å²) in [4.78, 5) is 3.02. The molecule has 0 heterocycles. The monoisotopic (exact) mass is 559 g/mol. The van der Waals surface area contributed by atoms with E-state index in [1.807, 2.05) is 18.2 Å². The molecule has 40 heavy (non-hydrogen) atoms. The quantitative estimate of drug-likeness (QED) is 0.202. The molecule has 0 bridgehead atoms. The maximum atomic E-state index is 7.10. The molecule has 0 aliphatic carbocycles. The van der Waals surface area contributed by atoms with Crippen LogP contribution in [0.25, 0.3) is 28.0 Å². The van der Waals surface area contributed by atoms with Crippen LogP contribution < -0.4 is 4.90 Å². The normalized spacial score (nSPS) is 11.3. The maximum absolute atomic E-state index is 7.10. The molecule has 3 heteroatoms. The Kier molecular flexibility index (Phi) is 7.94. The van der Waals surface area contributed by atoms with Crippen LogP contribution in [0.1, 0.15) is 37.5 Å². The molecular weight excluding hydrogens is 526 g/mol. The highest BCUT2D eigenvalue weighted by Crippen LogP contribution is 2.43. The lowest BCUT2D eigenvalue weighted by Crippen LogP contribution is -2.17. The molecule has 0 spiro atoms. The minimum atomic E-state index is 0.0457. The van der Waals surface area contributed by atoms with Crippen LogP contribution in [0.4, 0.5) is 11.4 Å². The Bertz CT molecular complexity index is 1650. The van der Waals surface area contributed by atoms with Crippen molar-refractivity contribution >= 4 is 41.3 Å². The number of hydrogen-bond donors (Lipinski definition) is 1. The number of benzene rings is 5. The van der Waals surface area contributed by atoms with E-state index in [0.717, 1.165) is 55.3 Å². The van der Waals surface area contributed by atoms with Gasteiger partial charge in [-0.1, -0.05) is 118 Å². The van der Waals surface area contributed by atoms with Crippen LogP contribution in [0.2, 0.25) is 5.02 Å². The molecule has 0 atom stereocenters. The van der Waals surface area contributed by atoms with E-state index >= 15 is 0 Å². The van der Waals surface area contributed by atoms with Crippen molar-refractivity contribution in [3.63, 3.8) is 0 Å². The molecule has 0 amide bonds. The molecule has 0 fully saturated rings. The van der Waals surface area contributed by atoms with Crippen molar-refractivity contribution in [3.05, 3.63) is 144 Å². The number of rotatable bonds is 6. The molecule has 0 radical (unpaired) electrons. The number of anilines is 2. The Labute approximate surface area is 249 Å². The molecule has 5 aromatic carbocycles. The zero-order valence-electron chi connectivity index (χ0n) is 23.4. The fourth-order valence-corrected chi connectivity index (χ4v) is 5.42. The summed E-state index contributed by atoms with van der Waals surface area (Å²) in [6, 6.07) is 40.1. The Hall–Kier alpha value is -3.72. The van der Waals surface area contributed by atoms with E-state index in [0.29, 0.717) is 5.02 Å². The van der Waals surface area contributed by atoms with Gasteiger partial charge in [0, 0.05) is 21.8 Å². The Balaban J connectivity index is 1.70. The lowest BCUT2D eigenvalue weighted by molar-refractivity contribution is 0.590.